The lowest BCUT2D eigenvalue weighted by Gasteiger charge is -2.22. The molecule has 4 nitrogen and oxygen atoms in total. The molecule has 1 unspecified atom stereocenters. The van der Waals surface area contributed by atoms with E-state index in [1.54, 1.807) is 0 Å². The molecule has 3 rings (SSSR count). The van der Waals surface area contributed by atoms with Crippen molar-refractivity contribution in [1.82, 2.24) is 15.5 Å². The highest BCUT2D eigenvalue weighted by Gasteiger charge is 2.40. The Morgan fingerprint density at radius 2 is 2.20 bits per heavy atom. The van der Waals surface area contributed by atoms with Gasteiger partial charge in [-0.05, 0) is 31.9 Å². The van der Waals surface area contributed by atoms with Crippen LogP contribution in [-0.2, 0) is 5.41 Å². The van der Waals surface area contributed by atoms with Crippen LogP contribution in [0.4, 0.5) is 0 Å². The van der Waals surface area contributed by atoms with Crippen molar-refractivity contribution >= 4 is 0 Å². The second-order valence-corrected chi connectivity index (χ2v) is 5.70. The van der Waals surface area contributed by atoms with E-state index >= 15 is 0 Å². The molecular weight excluding hydrogens is 250 g/mol. The average Bonchev–Trinajstić information content (AvgIpc) is 3.09. The van der Waals surface area contributed by atoms with Crippen molar-refractivity contribution in [3.05, 3.63) is 35.7 Å². The Morgan fingerprint density at radius 3 is 2.90 bits per heavy atom. The molecule has 0 aliphatic carbocycles. The van der Waals surface area contributed by atoms with Crippen LogP contribution in [0.3, 0.4) is 0 Å². The van der Waals surface area contributed by atoms with Gasteiger partial charge >= 0.3 is 0 Å². The molecule has 2 aromatic rings. The summed E-state index contributed by atoms with van der Waals surface area (Å²) in [6, 6.07) is 8.16. The normalized spacial score (nSPS) is 22.3. The van der Waals surface area contributed by atoms with Crippen molar-refractivity contribution in [2.75, 3.05) is 13.1 Å². The molecule has 1 aromatic heterocycles. The first-order valence-corrected chi connectivity index (χ1v) is 7.36. The van der Waals surface area contributed by atoms with Gasteiger partial charge in [0.15, 0.2) is 0 Å². The molecule has 1 aliphatic rings. The van der Waals surface area contributed by atoms with E-state index in [0.717, 1.165) is 43.8 Å². The van der Waals surface area contributed by atoms with E-state index in [4.69, 9.17) is 9.51 Å². The van der Waals surface area contributed by atoms with Gasteiger partial charge in [-0.1, -0.05) is 42.8 Å². The molecule has 1 N–H and O–H groups in total. The number of hydrogen-bond donors (Lipinski definition) is 1. The van der Waals surface area contributed by atoms with Crippen LogP contribution < -0.4 is 5.32 Å². The van der Waals surface area contributed by atoms with Gasteiger partial charge in [0.25, 0.3) is 0 Å². The highest BCUT2D eigenvalue weighted by molar-refractivity contribution is 5.59. The maximum atomic E-state index is 5.61. The van der Waals surface area contributed by atoms with Gasteiger partial charge < -0.3 is 9.84 Å². The highest BCUT2D eigenvalue weighted by Crippen LogP contribution is 2.35. The predicted molar refractivity (Wildman–Crippen MR) is 78.5 cm³/mol. The predicted octanol–water partition coefficient (Wildman–Crippen LogP) is 3.08. The van der Waals surface area contributed by atoms with E-state index in [-0.39, 0.29) is 5.41 Å². The third-order valence-electron chi connectivity index (χ3n) is 4.24. The van der Waals surface area contributed by atoms with Crippen molar-refractivity contribution in [2.24, 2.45) is 0 Å². The molecule has 1 fully saturated rings. The maximum Gasteiger partial charge on any atom is 0.234 e. The summed E-state index contributed by atoms with van der Waals surface area (Å²) in [6.45, 7) is 6.25. The van der Waals surface area contributed by atoms with Gasteiger partial charge in [-0.15, -0.1) is 0 Å². The second kappa shape index (κ2) is 5.37. The summed E-state index contributed by atoms with van der Waals surface area (Å²) < 4.78 is 5.61. The smallest absolute Gasteiger partial charge is 0.234 e. The first-order chi connectivity index (χ1) is 9.75. The minimum absolute atomic E-state index is 0.0304. The number of nitrogens with zero attached hydrogens (tertiary/aromatic N) is 2. The largest absolute Gasteiger partial charge is 0.338 e. The summed E-state index contributed by atoms with van der Waals surface area (Å²) in [6.07, 6.45) is 3.30. The van der Waals surface area contributed by atoms with Crippen LogP contribution in [0.15, 0.2) is 28.8 Å². The van der Waals surface area contributed by atoms with Crippen LogP contribution in [0.2, 0.25) is 0 Å². The molecule has 0 spiro atoms. The van der Waals surface area contributed by atoms with Crippen LogP contribution in [0.25, 0.3) is 11.4 Å². The van der Waals surface area contributed by atoms with Crippen LogP contribution in [0, 0.1) is 6.92 Å². The van der Waals surface area contributed by atoms with E-state index in [1.807, 2.05) is 18.2 Å². The molecule has 106 valence electrons. The standard InChI is InChI=1S/C16H21N3O/c1-3-8-16(9-10-17-11-16)15-18-14(19-20-15)13-7-5-4-6-12(13)2/h4-7,17H,3,8-11H2,1-2H3. The third-order valence-corrected chi connectivity index (χ3v) is 4.24. The van der Waals surface area contributed by atoms with Gasteiger partial charge in [-0.25, -0.2) is 0 Å². The molecule has 0 amide bonds. The number of aryl methyl sites for hydroxylation is 1. The number of rotatable bonds is 4. The fourth-order valence-electron chi connectivity index (χ4n) is 3.10. The zero-order valence-corrected chi connectivity index (χ0v) is 12.1. The number of benzene rings is 1. The lowest BCUT2D eigenvalue weighted by atomic mass is 9.82. The fraction of sp³-hybridized carbons (Fsp3) is 0.500. The molecule has 2 heterocycles. The Balaban J connectivity index is 1.95. The number of hydrogen-bond acceptors (Lipinski definition) is 4. The molecule has 1 atom stereocenters. The summed E-state index contributed by atoms with van der Waals surface area (Å²) in [5.74, 6) is 1.50. The van der Waals surface area contributed by atoms with Crippen molar-refractivity contribution in [3.63, 3.8) is 0 Å². The monoisotopic (exact) mass is 271 g/mol. The summed E-state index contributed by atoms with van der Waals surface area (Å²) in [7, 11) is 0. The van der Waals surface area contributed by atoms with E-state index < -0.39 is 0 Å². The van der Waals surface area contributed by atoms with Crippen LogP contribution in [-0.4, -0.2) is 23.2 Å². The molecule has 0 radical (unpaired) electrons. The number of aromatic nitrogens is 2. The van der Waals surface area contributed by atoms with E-state index in [1.165, 1.54) is 5.56 Å². The van der Waals surface area contributed by atoms with Gasteiger partial charge in [0.1, 0.15) is 0 Å². The van der Waals surface area contributed by atoms with Crippen molar-refractivity contribution in [2.45, 2.75) is 38.5 Å². The Bertz CT molecular complexity index is 585. The Kier molecular flexibility index (Phi) is 3.57. The number of nitrogens with one attached hydrogen (secondary N) is 1. The average molecular weight is 271 g/mol. The molecule has 0 saturated carbocycles. The SMILES string of the molecule is CCCC1(c2nc(-c3ccccc3C)no2)CCNC1. The van der Waals surface area contributed by atoms with Crippen LogP contribution in [0.1, 0.15) is 37.6 Å². The first-order valence-electron chi connectivity index (χ1n) is 7.36. The highest BCUT2D eigenvalue weighted by atomic mass is 16.5. The van der Waals surface area contributed by atoms with Gasteiger partial charge in [0.2, 0.25) is 11.7 Å². The molecule has 20 heavy (non-hydrogen) atoms. The van der Waals surface area contributed by atoms with E-state index in [2.05, 4.69) is 30.4 Å². The zero-order valence-electron chi connectivity index (χ0n) is 12.1. The first kappa shape index (κ1) is 13.3. The minimum Gasteiger partial charge on any atom is -0.338 e. The maximum absolute atomic E-state index is 5.61. The quantitative estimate of drug-likeness (QED) is 0.928. The topological polar surface area (TPSA) is 51.0 Å². The lowest BCUT2D eigenvalue weighted by molar-refractivity contribution is 0.277. The van der Waals surface area contributed by atoms with E-state index in [9.17, 15) is 0 Å². The van der Waals surface area contributed by atoms with Crippen molar-refractivity contribution < 1.29 is 4.52 Å². The molecule has 1 aliphatic heterocycles. The third kappa shape index (κ3) is 2.24. The van der Waals surface area contributed by atoms with Gasteiger partial charge in [0.05, 0.1) is 5.41 Å². The fourth-order valence-corrected chi connectivity index (χ4v) is 3.10. The molecule has 0 bridgehead atoms. The summed E-state index contributed by atoms with van der Waals surface area (Å²) in [4.78, 5) is 4.70. The van der Waals surface area contributed by atoms with Crippen LogP contribution in [0.5, 0.6) is 0 Å². The van der Waals surface area contributed by atoms with Crippen LogP contribution >= 0.6 is 0 Å². The molecule has 4 heteroatoms. The van der Waals surface area contributed by atoms with E-state index in [0.29, 0.717) is 5.82 Å². The van der Waals surface area contributed by atoms with Gasteiger partial charge in [-0.3, -0.25) is 0 Å². The Hall–Kier alpha value is -1.68. The van der Waals surface area contributed by atoms with Gasteiger partial charge in [0, 0.05) is 12.1 Å². The van der Waals surface area contributed by atoms with Crippen molar-refractivity contribution in [3.8, 4) is 11.4 Å². The molecule has 1 saturated heterocycles. The Morgan fingerprint density at radius 1 is 1.35 bits per heavy atom. The minimum atomic E-state index is 0.0304. The molecular formula is C16H21N3O. The second-order valence-electron chi connectivity index (χ2n) is 5.70. The Labute approximate surface area is 119 Å². The van der Waals surface area contributed by atoms with Crippen molar-refractivity contribution in [1.29, 1.82) is 0 Å². The lowest BCUT2D eigenvalue weighted by Crippen LogP contribution is -2.29. The van der Waals surface area contributed by atoms with Gasteiger partial charge in [-0.2, -0.15) is 4.98 Å². The summed E-state index contributed by atoms with van der Waals surface area (Å²) >= 11 is 0. The zero-order chi connectivity index (χ0) is 14.0. The molecule has 1 aromatic carbocycles. The summed E-state index contributed by atoms with van der Waals surface area (Å²) in [5.41, 5.74) is 2.26. The summed E-state index contributed by atoms with van der Waals surface area (Å²) in [5, 5.41) is 7.63.